The highest BCUT2D eigenvalue weighted by atomic mass is 16.6. The molecule has 0 aliphatic heterocycles. The van der Waals surface area contributed by atoms with Gasteiger partial charge in [0.25, 0.3) is 5.69 Å². The third-order valence-corrected chi connectivity index (χ3v) is 3.84. The fourth-order valence-electron chi connectivity index (χ4n) is 2.57. The van der Waals surface area contributed by atoms with Crippen molar-refractivity contribution >= 4 is 11.5 Å². The Morgan fingerprint density at radius 1 is 1.56 bits per heavy atom. The summed E-state index contributed by atoms with van der Waals surface area (Å²) in [7, 11) is 0. The Balaban J connectivity index is 2.17. The maximum Gasteiger partial charge on any atom is 0.287 e. The van der Waals surface area contributed by atoms with Crippen LogP contribution in [0, 0.1) is 22.5 Å². The summed E-state index contributed by atoms with van der Waals surface area (Å²) < 4.78 is 0. The lowest BCUT2D eigenvalue weighted by atomic mass is 9.87. The molecule has 18 heavy (non-hydrogen) atoms. The van der Waals surface area contributed by atoms with Crippen molar-refractivity contribution in [2.24, 2.45) is 5.41 Å². The summed E-state index contributed by atoms with van der Waals surface area (Å²) in [6, 6.07) is 1.96. The Bertz CT molecular complexity index is 471. The number of hydrogen-bond acceptors (Lipinski definition) is 4. The zero-order valence-corrected chi connectivity index (χ0v) is 11.1. The fraction of sp³-hybridized carbons (Fsp3) is 0.615. The van der Waals surface area contributed by atoms with E-state index in [1.807, 2.05) is 6.92 Å². The number of pyridine rings is 1. The molecule has 0 spiro atoms. The van der Waals surface area contributed by atoms with Gasteiger partial charge < -0.3 is 5.32 Å². The van der Waals surface area contributed by atoms with Crippen LogP contribution >= 0.6 is 0 Å². The van der Waals surface area contributed by atoms with Gasteiger partial charge in [-0.25, -0.2) is 4.98 Å². The second-order valence-electron chi connectivity index (χ2n) is 5.69. The molecule has 1 fully saturated rings. The number of nitrogens with one attached hydrogen (secondary N) is 1. The molecule has 1 atom stereocenters. The van der Waals surface area contributed by atoms with Crippen molar-refractivity contribution in [2.75, 3.05) is 5.32 Å². The third kappa shape index (κ3) is 2.44. The van der Waals surface area contributed by atoms with Crippen molar-refractivity contribution < 1.29 is 4.92 Å². The number of aromatic nitrogens is 1. The molecule has 5 heteroatoms. The fourth-order valence-corrected chi connectivity index (χ4v) is 2.57. The summed E-state index contributed by atoms with van der Waals surface area (Å²) in [6.45, 7) is 6.35. The number of anilines is 1. The van der Waals surface area contributed by atoms with Crippen LogP contribution in [0.1, 0.15) is 38.7 Å². The topological polar surface area (TPSA) is 68.1 Å². The molecule has 0 radical (unpaired) electrons. The molecular formula is C13H19N3O2. The van der Waals surface area contributed by atoms with Gasteiger partial charge in [0.2, 0.25) is 0 Å². The van der Waals surface area contributed by atoms with Gasteiger partial charge in [0.05, 0.1) is 4.92 Å². The average Bonchev–Trinajstić information content (AvgIpc) is 2.61. The highest BCUT2D eigenvalue weighted by Gasteiger charge is 2.34. The quantitative estimate of drug-likeness (QED) is 0.659. The van der Waals surface area contributed by atoms with Gasteiger partial charge in [-0.3, -0.25) is 10.1 Å². The second kappa shape index (κ2) is 4.55. The third-order valence-electron chi connectivity index (χ3n) is 3.84. The van der Waals surface area contributed by atoms with Gasteiger partial charge >= 0.3 is 0 Å². The van der Waals surface area contributed by atoms with E-state index in [9.17, 15) is 10.1 Å². The predicted molar refractivity (Wildman–Crippen MR) is 70.7 cm³/mol. The maximum absolute atomic E-state index is 10.7. The monoisotopic (exact) mass is 249 g/mol. The van der Waals surface area contributed by atoms with Crippen molar-refractivity contribution in [1.82, 2.24) is 4.98 Å². The predicted octanol–water partition coefficient (Wildman–Crippen LogP) is 3.29. The van der Waals surface area contributed by atoms with Gasteiger partial charge in [0, 0.05) is 12.1 Å². The molecule has 0 aromatic carbocycles. The molecule has 98 valence electrons. The van der Waals surface area contributed by atoms with Crippen molar-refractivity contribution in [1.29, 1.82) is 0 Å². The zero-order chi connectivity index (χ0) is 13.3. The van der Waals surface area contributed by atoms with Crippen molar-refractivity contribution in [2.45, 2.75) is 46.1 Å². The Kier molecular flexibility index (Phi) is 3.24. The van der Waals surface area contributed by atoms with Crippen LogP contribution in [0.25, 0.3) is 0 Å². The summed E-state index contributed by atoms with van der Waals surface area (Å²) >= 11 is 0. The minimum atomic E-state index is -0.413. The highest BCUT2D eigenvalue weighted by Crippen LogP contribution is 2.39. The molecular weight excluding hydrogens is 230 g/mol. The minimum absolute atomic E-state index is 0.0451. The lowest BCUT2D eigenvalue weighted by Crippen LogP contribution is -2.31. The van der Waals surface area contributed by atoms with E-state index < -0.39 is 4.92 Å². The first kappa shape index (κ1) is 12.8. The molecule has 1 aromatic heterocycles. The van der Waals surface area contributed by atoms with Crippen LogP contribution in [0.3, 0.4) is 0 Å². The average molecular weight is 249 g/mol. The van der Waals surface area contributed by atoms with Gasteiger partial charge in [-0.1, -0.05) is 20.3 Å². The molecule has 0 bridgehead atoms. The maximum atomic E-state index is 10.7. The molecule has 1 saturated carbocycles. The van der Waals surface area contributed by atoms with E-state index in [1.54, 1.807) is 6.07 Å². The minimum Gasteiger partial charge on any atom is -0.367 e. The van der Waals surface area contributed by atoms with Crippen molar-refractivity contribution in [3.63, 3.8) is 0 Å². The Labute approximate surface area is 107 Å². The number of nitrogens with zero attached hydrogens (tertiary/aromatic N) is 2. The van der Waals surface area contributed by atoms with Crippen LogP contribution in [0.4, 0.5) is 11.5 Å². The van der Waals surface area contributed by atoms with Crippen molar-refractivity contribution in [3.05, 3.63) is 27.9 Å². The summed E-state index contributed by atoms with van der Waals surface area (Å²) in [6.07, 6.45) is 4.87. The van der Waals surface area contributed by atoms with Crippen molar-refractivity contribution in [3.8, 4) is 0 Å². The molecule has 0 saturated heterocycles. The molecule has 1 aliphatic rings. The van der Waals surface area contributed by atoms with Gasteiger partial charge in [-0.05, 0) is 30.7 Å². The van der Waals surface area contributed by atoms with Crippen LogP contribution in [0.5, 0.6) is 0 Å². The van der Waals surface area contributed by atoms with Gasteiger partial charge in [-0.15, -0.1) is 0 Å². The van der Waals surface area contributed by atoms with Crippen LogP contribution in [-0.2, 0) is 0 Å². The summed E-state index contributed by atoms with van der Waals surface area (Å²) in [5.74, 6) is 0.764. The Morgan fingerprint density at radius 2 is 2.28 bits per heavy atom. The van der Waals surface area contributed by atoms with E-state index in [4.69, 9.17) is 0 Å². The molecule has 0 amide bonds. The smallest absolute Gasteiger partial charge is 0.287 e. The van der Waals surface area contributed by atoms with E-state index in [1.165, 1.54) is 19.0 Å². The van der Waals surface area contributed by atoms with E-state index in [2.05, 4.69) is 24.1 Å². The largest absolute Gasteiger partial charge is 0.367 e. The summed E-state index contributed by atoms with van der Waals surface area (Å²) in [4.78, 5) is 14.4. The number of rotatable bonds is 3. The first-order chi connectivity index (χ1) is 8.40. The van der Waals surface area contributed by atoms with Crippen LogP contribution in [0.15, 0.2) is 12.3 Å². The van der Waals surface area contributed by atoms with Gasteiger partial charge in [0.15, 0.2) is 0 Å². The van der Waals surface area contributed by atoms with Crippen LogP contribution in [0.2, 0.25) is 0 Å². The van der Waals surface area contributed by atoms with Gasteiger partial charge in [-0.2, -0.15) is 0 Å². The highest BCUT2D eigenvalue weighted by molar-refractivity contribution is 5.49. The first-order valence-electron chi connectivity index (χ1n) is 6.28. The van der Waals surface area contributed by atoms with E-state index in [-0.39, 0.29) is 11.1 Å². The molecule has 2 rings (SSSR count). The van der Waals surface area contributed by atoms with Crippen LogP contribution in [-0.4, -0.2) is 15.9 Å². The number of hydrogen-bond donors (Lipinski definition) is 1. The van der Waals surface area contributed by atoms with E-state index >= 15 is 0 Å². The normalized spacial score (nSPS) is 21.8. The SMILES string of the molecule is Cc1cc([N+](=O)[O-])cnc1NC1CCCC1(C)C. The first-order valence-corrected chi connectivity index (χ1v) is 6.28. The lowest BCUT2D eigenvalue weighted by Gasteiger charge is -2.28. The summed E-state index contributed by atoms with van der Waals surface area (Å²) in [5.41, 5.74) is 1.13. The Hall–Kier alpha value is -1.65. The standard InChI is InChI=1S/C13H19N3O2/c1-9-7-10(16(17)18)8-14-12(9)15-11-5-4-6-13(11,2)3/h7-8,11H,4-6H2,1-3H3,(H,14,15). The Morgan fingerprint density at radius 3 is 2.78 bits per heavy atom. The molecule has 1 unspecified atom stereocenters. The number of nitro groups is 1. The second-order valence-corrected chi connectivity index (χ2v) is 5.69. The summed E-state index contributed by atoms with van der Waals surface area (Å²) in [5, 5.41) is 14.1. The van der Waals surface area contributed by atoms with E-state index in [0.29, 0.717) is 6.04 Å². The lowest BCUT2D eigenvalue weighted by molar-refractivity contribution is -0.385. The van der Waals surface area contributed by atoms with Gasteiger partial charge in [0.1, 0.15) is 12.0 Å². The molecule has 1 heterocycles. The molecule has 1 N–H and O–H groups in total. The molecule has 1 aliphatic carbocycles. The molecule has 5 nitrogen and oxygen atoms in total. The molecule has 1 aromatic rings. The number of aryl methyl sites for hydroxylation is 1. The zero-order valence-electron chi connectivity index (χ0n) is 11.1. The van der Waals surface area contributed by atoms with E-state index in [0.717, 1.165) is 17.8 Å². The van der Waals surface area contributed by atoms with Crippen LogP contribution < -0.4 is 5.32 Å².